The van der Waals surface area contributed by atoms with E-state index in [0.717, 1.165) is 16.0 Å². The molecular weight excluding hydrogens is 782 g/mol. The molecule has 0 aromatic heterocycles. The molecule has 7 amide bonds. The SMILES string of the molecule is Cc1cccc(C[C@H](NC(=O)Nc2ccc(Cl)cc2)C(=O)N[C@H](C(=O)N2C[C@H](O)C[C@H]2C(=O)N2CCCC[C@H]2C(=O)N[C@@H](C)C(=O)N2C[C@H](C)C[C@@]23CC3=O)[C@H](C)O)c1. The van der Waals surface area contributed by atoms with Gasteiger partial charge < -0.3 is 46.2 Å². The highest BCUT2D eigenvalue weighted by Crippen LogP contribution is 2.48. The van der Waals surface area contributed by atoms with Crippen molar-refractivity contribution in [1.82, 2.24) is 30.7 Å². The third kappa shape index (κ3) is 9.88. The number of hydrogen-bond donors (Lipinski definition) is 6. The van der Waals surface area contributed by atoms with Crippen molar-refractivity contribution in [2.24, 2.45) is 5.92 Å². The van der Waals surface area contributed by atoms with Crippen molar-refractivity contribution in [3.05, 3.63) is 64.7 Å². The molecule has 3 saturated heterocycles. The number of likely N-dealkylation sites (tertiary alicyclic amines) is 3. The van der Waals surface area contributed by atoms with Gasteiger partial charge in [0.2, 0.25) is 29.5 Å². The summed E-state index contributed by atoms with van der Waals surface area (Å²) < 4.78 is 0. The van der Waals surface area contributed by atoms with Crippen LogP contribution in [0.2, 0.25) is 5.02 Å². The van der Waals surface area contributed by atoms with Gasteiger partial charge in [0.1, 0.15) is 35.7 Å². The summed E-state index contributed by atoms with van der Waals surface area (Å²) in [7, 11) is 0. The highest BCUT2D eigenvalue weighted by atomic mass is 35.5. The number of β-amino-alcohol motifs (C(OH)–C–C–N with tert-alkyl or cyclic N) is 1. The van der Waals surface area contributed by atoms with Gasteiger partial charge in [-0.2, -0.15) is 0 Å². The molecule has 6 rings (SSSR count). The summed E-state index contributed by atoms with van der Waals surface area (Å²) in [6.07, 6.45) is -0.259. The minimum Gasteiger partial charge on any atom is -0.391 e. The molecule has 17 heteroatoms. The smallest absolute Gasteiger partial charge is 0.319 e. The molecule has 0 bridgehead atoms. The van der Waals surface area contributed by atoms with E-state index < -0.39 is 77.6 Å². The predicted molar refractivity (Wildman–Crippen MR) is 217 cm³/mol. The summed E-state index contributed by atoms with van der Waals surface area (Å²) in [6.45, 7) is 7.07. The lowest BCUT2D eigenvalue weighted by Gasteiger charge is -2.39. The lowest BCUT2D eigenvalue weighted by molar-refractivity contribution is -0.152. The fourth-order valence-electron chi connectivity index (χ4n) is 8.71. The molecule has 2 aromatic carbocycles. The fraction of sp³-hybridized carbons (Fsp3) is 0.548. The summed E-state index contributed by atoms with van der Waals surface area (Å²) >= 11 is 5.97. The van der Waals surface area contributed by atoms with Gasteiger partial charge in [0.15, 0.2) is 5.78 Å². The molecule has 1 saturated carbocycles. The van der Waals surface area contributed by atoms with Crippen LogP contribution in [0.4, 0.5) is 10.5 Å². The average molecular weight is 836 g/mol. The van der Waals surface area contributed by atoms with Crippen LogP contribution < -0.4 is 21.3 Å². The minimum absolute atomic E-state index is 0.0180. The Morgan fingerprint density at radius 2 is 1.64 bits per heavy atom. The average Bonchev–Trinajstić information content (AvgIpc) is 3.47. The monoisotopic (exact) mass is 835 g/mol. The number of aliphatic hydroxyl groups is 2. The van der Waals surface area contributed by atoms with E-state index in [1.54, 1.807) is 42.2 Å². The maximum absolute atomic E-state index is 14.3. The molecule has 16 nitrogen and oxygen atoms in total. The molecule has 59 heavy (non-hydrogen) atoms. The molecule has 1 aliphatic carbocycles. The van der Waals surface area contributed by atoms with Crippen molar-refractivity contribution in [2.45, 2.75) is 121 Å². The van der Waals surface area contributed by atoms with Gasteiger partial charge in [0.05, 0.1) is 12.2 Å². The number of nitrogens with zero attached hydrogens (tertiary/aromatic N) is 3. The van der Waals surface area contributed by atoms with E-state index in [-0.39, 0.29) is 43.5 Å². The first kappa shape index (κ1) is 43.5. The second-order valence-corrected chi connectivity index (χ2v) is 17.1. The first-order chi connectivity index (χ1) is 28.0. The first-order valence-electron chi connectivity index (χ1n) is 20.3. The molecule has 4 aliphatic rings. The number of rotatable bonds is 12. The van der Waals surface area contributed by atoms with Crippen LogP contribution >= 0.6 is 11.6 Å². The predicted octanol–water partition coefficient (Wildman–Crippen LogP) is 1.67. The Balaban J connectivity index is 1.15. The van der Waals surface area contributed by atoms with Gasteiger partial charge in [-0.05, 0) is 82.2 Å². The Bertz CT molecular complexity index is 1960. The lowest BCUT2D eigenvalue weighted by atomic mass is 9.98. The van der Waals surface area contributed by atoms with Crippen LogP contribution in [0.15, 0.2) is 48.5 Å². The molecular formula is C42H54ClN7O9. The van der Waals surface area contributed by atoms with Crippen LogP contribution in [0.1, 0.15) is 70.4 Å². The summed E-state index contributed by atoms with van der Waals surface area (Å²) in [5.41, 5.74) is 1.27. The number of amides is 7. The number of hydrogen-bond acceptors (Lipinski definition) is 9. The number of carbonyl (C=O) groups is 7. The Hall–Kier alpha value is -5.06. The summed E-state index contributed by atoms with van der Waals surface area (Å²) in [5.74, 6) is -2.93. The number of carbonyl (C=O) groups excluding carboxylic acids is 7. The van der Waals surface area contributed by atoms with Gasteiger partial charge in [-0.3, -0.25) is 28.8 Å². The van der Waals surface area contributed by atoms with E-state index in [2.05, 4.69) is 21.3 Å². The number of benzene rings is 2. The van der Waals surface area contributed by atoms with Crippen molar-refractivity contribution in [3.63, 3.8) is 0 Å². The standard InChI is InChI=1S/C42H54ClN7O9/c1-23-8-7-9-27(16-23)17-31(46-41(59)45-29-13-11-28(43)12-14-29)36(54)47-35(26(4)51)40(58)49-22-30(52)18-33(49)39(57)48-15-6-5-10-32(48)37(55)44-25(3)38(56)50-21-24(2)19-42(50)20-34(42)53/h7-9,11-14,16,24-26,30-33,35,51-52H,5-6,10,15,17-22H2,1-4H3,(H,44,55)(H,47,54)(H2,45,46,59)/t24-,25+,26+,30-,31+,32+,33+,35+,42+/m1/s1. The van der Waals surface area contributed by atoms with Gasteiger partial charge in [0.25, 0.3) is 0 Å². The van der Waals surface area contributed by atoms with E-state index in [4.69, 9.17) is 11.6 Å². The largest absolute Gasteiger partial charge is 0.391 e. The van der Waals surface area contributed by atoms with Crippen molar-refractivity contribution >= 4 is 58.6 Å². The number of nitrogens with one attached hydrogen (secondary N) is 4. The van der Waals surface area contributed by atoms with Crippen LogP contribution in [0.25, 0.3) is 0 Å². The zero-order valence-electron chi connectivity index (χ0n) is 33.8. The molecule has 6 N–H and O–H groups in total. The Morgan fingerprint density at radius 1 is 0.932 bits per heavy atom. The number of aliphatic hydroxyl groups excluding tert-OH is 2. The highest BCUT2D eigenvalue weighted by Gasteiger charge is 2.63. The molecule has 0 unspecified atom stereocenters. The van der Waals surface area contributed by atoms with Crippen LogP contribution in [-0.4, -0.2) is 134 Å². The van der Waals surface area contributed by atoms with Gasteiger partial charge >= 0.3 is 6.03 Å². The molecule has 2 aromatic rings. The quantitative estimate of drug-likeness (QED) is 0.183. The van der Waals surface area contributed by atoms with E-state index in [0.29, 0.717) is 49.4 Å². The first-order valence-corrected chi connectivity index (χ1v) is 20.7. The van der Waals surface area contributed by atoms with Crippen LogP contribution in [0.5, 0.6) is 0 Å². The third-order valence-corrected chi connectivity index (χ3v) is 12.0. The molecule has 3 aliphatic heterocycles. The number of anilines is 1. The van der Waals surface area contributed by atoms with Crippen molar-refractivity contribution in [1.29, 1.82) is 0 Å². The maximum atomic E-state index is 14.3. The van der Waals surface area contributed by atoms with Crippen LogP contribution in [-0.2, 0) is 35.2 Å². The molecule has 4 fully saturated rings. The summed E-state index contributed by atoms with van der Waals surface area (Å²) in [5, 5.41) is 32.8. The summed E-state index contributed by atoms with van der Waals surface area (Å²) in [6, 6.07) is 7.05. The number of ketones is 1. The Morgan fingerprint density at radius 3 is 2.31 bits per heavy atom. The topological polar surface area (TPSA) is 218 Å². The lowest BCUT2D eigenvalue weighted by Crippen LogP contribution is -2.62. The molecule has 3 heterocycles. The van der Waals surface area contributed by atoms with Crippen LogP contribution in [0.3, 0.4) is 0 Å². The normalized spacial score (nSPS) is 25.8. The number of halogens is 1. The molecule has 1 spiro atoms. The van der Waals surface area contributed by atoms with Crippen LogP contribution in [0, 0.1) is 12.8 Å². The molecule has 9 atom stereocenters. The van der Waals surface area contributed by atoms with Crippen molar-refractivity contribution in [3.8, 4) is 0 Å². The molecule has 318 valence electrons. The number of Topliss-reactive ketones (excluding diaryl/α,β-unsaturated/α-hetero) is 1. The number of urea groups is 1. The van der Waals surface area contributed by atoms with Gasteiger partial charge in [-0.25, -0.2) is 4.79 Å². The van der Waals surface area contributed by atoms with E-state index in [1.807, 2.05) is 32.0 Å². The van der Waals surface area contributed by atoms with Gasteiger partial charge in [0, 0.05) is 49.6 Å². The third-order valence-electron chi connectivity index (χ3n) is 11.8. The van der Waals surface area contributed by atoms with Crippen molar-refractivity contribution in [2.75, 3.05) is 25.0 Å². The highest BCUT2D eigenvalue weighted by molar-refractivity contribution is 6.30. The number of aryl methyl sites for hydroxylation is 1. The Kier molecular flexibility index (Phi) is 13.3. The fourth-order valence-corrected chi connectivity index (χ4v) is 8.84. The Labute approximate surface area is 348 Å². The second-order valence-electron chi connectivity index (χ2n) is 16.6. The second kappa shape index (κ2) is 18.1. The van der Waals surface area contributed by atoms with E-state index >= 15 is 0 Å². The zero-order chi connectivity index (χ0) is 42.8. The van der Waals surface area contributed by atoms with Crippen molar-refractivity contribution < 1.29 is 43.8 Å². The molecule has 0 radical (unpaired) electrons. The zero-order valence-corrected chi connectivity index (χ0v) is 34.5. The van der Waals surface area contributed by atoms with E-state index in [9.17, 15) is 43.8 Å². The maximum Gasteiger partial charge on any atom is 0.319 e. The van der Waals surface area contributed by atoms with E-state index in [1.165, 1.54) is 11.8 Å². The summed E-state index contributed by atoms with van der Waals surface area (Å²) in [4.78, 5) is 99.4. The minimum atomic E-state index is -1.58. The van der Waals surface area contributed by atoms with Gasteiger partial charge in [-0.1, -0.05) is 48.4 Å². The van der Waals surface area contributed by atoms with Gasteiger partial charge in [-0.15, -0.1) is 0 Å². The number of piperidine rings is 1.